The summed E-state index contributed by atoms with van der Waals surface area (Å²) in [4.78, 5) is 11.6. The van der Waals surface area contributed by atoms with Crippen molar-refractivity contribution in [1.29, 1.82) is 0 Å². The van der Waals surface area contributed by atoms with Crippen LogP contribution in [0.2, 0.25) is 0 Å². The third-order valence-corrected chi connectivity index (χ3v) is 2.92. The Hall–Kier alpha value is -1.59. The molecule has 0 spiro atoms. The van der Waals surface area contributed by atoms with Crippen LogP contribution in [0.25, 0.3) is 0 Å². The summed E-state index contributed by atoms with van der Waals surface area (Å²) in [6.07, 6.45) is 0.874. The second-order valence-corrected chi connectivity index (χ2v) is 4.36. The lowest BCUT2D eigenvalue weighted by atomic mass is 10.1. The summed E-state index contributed by atoms with van der Waals surface area (Å²) in [6, 6.07) is 7.44. The van der Waals surface area contributed by atoms with Gasteiger partial charge in [0.05, 0.1) is 19.3 Å². The average Bonchev–Trinajstić information content (AvgIpc) is 2.90. The second-order valence-electron chi connectivity index (χ2n) is 4.36. The van der Waals surface area contributed by atoms with Gasteiger partial charge in [0.2, 0.25) is 0 Å². The summed E-state index contributed by atoms with van der Waals surface area (Å²) in [5.74, 6) is 0. The Kier molecular flexibility index (Phi) is 4.55. The number of carbonyl (C=O) groups is 1. The van der Waals surface area contributed by atoms with Gasteiger partial charge < -0.3 is 20.5 Å². The number of rotatable bonds is 4. The van der Waals surface area contributed by atoms with E-state index in [1.807, 2.05) is 24.3 Å². The molecule has 1 aliphatic heterocycles. The van der Waals surface area contributed by atoms with Crippen LogP contribution >= 0.6 is 0 Å². The fraction of sp³-hybridized carbons (Fsp3) is 0.462. The van der Waals surface area contributed by atoms with Gasteiger partial charge in [-0.25, -0.2) is 4.79 Å². The van der Waals surface area contributed by atoms with Gasteiger partial charge in [0.25, 0.3) is 0 Å². The highest BCUT2D eigenvalue weighted by Crippen LogP contribution is 2.05. The van der Waals surface area contributed by atoms with E-state index < -0.39 is 0 Å². The molecular weight excluding hydrogens is 232 g/mol. The first-order chi connectivity index (χ1) is 8.78. The standard InChI is InChI=1S/C13H18N2O3/c16-8-11-3-1-10(2-4-11)7-14-13(17)15-12-5-6-18-9-12/h1-4,12,16H,5-9H2,(H2,14,15,17). The van der Waals surface area contributed by atoms with Crippen molar-refractivity contribution in [2.45, 2.75) is 25.6 Å². The minimum absolute atomic E-state index is 0.0376. The van der Waals surface area contributed by atoms with E-state index in [1.54, 1.807) is 0 Å². The van der Waals surface area contributed by atoms with Crippen molar-refractivity contribution >= 4 is 6.03 Å². The lowest BCUT2D eigenvalue weighted by Crippen LogP contribution is -2.42. The van der Waals surface area contributed by atoms with Crippen LogP contribution < -0.4 is 10.6 Å². The Morgan fingerprint density at radius 2 is 2.06 bits per heavy atom. The van der Waals surface area contributed by atoms with Crippen LogP contribution in [0.4, 0.5) is 4.79 Å². The lowest BCUT2D eigenvalue weighted by Gasteiger charge is -2.12. The molecule has 5 nitrogen and oxygen atoms in total. The Morgan fingerprint density at radius 1 is 1.33 bits per heavy atom. The highest BCUT2D eigenvalue weighted by atomic mass is 16.5. The number of ether oxygens (including phenoxy) is 1. The van der Waals surface area contributed by atoms with Gasteiger partial charge in [-0.2, -0.15) is 0 Å². The van der Waals surface area contributed by atoms with E-state index >= 15 is 0 Å². The smallest absolute Gasteiger partial charge is 0.315 e. The molecule has 18 heavy (non-hydrogen) atoms. The summed E-state index contributed by atoms with van der Waals surface area (Å²) in [5.41, 5.74) is 1.87. The zero-order chi connectivity index (χ0) is 12.8. The molecule has 1 heterocycles. The molecule has 0 saturated carbocycles. The molecule has 1 aromatic carbocycles. The van der Waals surface area contributed by atoms with Crippen LogP contribution in [0.5, 0.6) is 0 Å². The fourth-order valence-corrected chi connectivity index (χ4v) is 1.83. The number of hydrogen-bond donors (Lipinski definition) is 3. The monoisotopic (exact) mass is 250 g/mol. The number of amides is 2. The molecule has 0 radical (unpaired) electrons. The molecule has 1 unspecified atom stereocenters. The maximum Gasteiger partial charge on any atom is 0.315 e. The normalized spacial score (nSPS) is 18.6. The van der Waals surface area contributed by atoms with Crippen molar-refractivity contribution in [3.63, 3.8) is 0 Å². The van der Waals surface area contributed by atoms with Crippen molar-refractivity contribution in [3.8, 4) is 0 Å². The minimum atomic E-state index is -0.170. The van der Waals surface area contributed by atoms with Gasteiger partial charge in [-0.3, -0.25) is 0 Å². The van der Waals surface area contributed by atoms with Crippen molar-refractivity contribution in [1.82, 2.24) is 10.6 Å². The molecule has 2 amide bonds. The third-order valence-electron chi connectivity index (χ3n) is 2.92. The molecule has 3 N–H and O–H groups in total. The fourth-order valence-electron chi connectivity index (χ4n) is 1.83. The van der Waals surface area contributed by atoms with E-state index in [2.05, 4.69) is 10.6 Å². The van der Waals surface area contributed by atoms with Gasteiger partial charge in [0.1, 0.15) is 0 Å². The molecule has 0 aromatic heterocycles. The number of benzene rings is 1. The highest BCUT2D eigenvalue weighted by molar-refractivity contribution is 5.74. The number of nitrogens with one attached hydrogen (secondary N) is 2. The number of aliphatic hydroxyl groups excluding tert-OH is 1. The lowest BCUT2D eigenvalue weighted by molar-refractivity contribution is 0.188. The van der Waals surface area contributed by atoms with Crippen LogP contribution in [0, 0.1) is 0 Å². The quantitative estimate of drug-likeness (QED) is 0.739. The van der Waals surface area contributed by atoms with Crippen LogP contribution in [-0.4, -0.2) is 30.4 Å². The summed E-state index contributed by atoms with van der Waals surface area (Å²) < 4.78 is 5.18. The molecule has 5 heteroatoms. The van der Waals surface area contributed by atoms with Gasteiger partial charge in [-0.05, 0) is 17.5 Å². The first-order valence-electron chi connectivity index (χ1n) is 6.08. The third kappa shape index (κ3) is 3.72. The van der Waals surface area contributed by atoms with Crippen molar-refractivity contribution < 1.29 is 14.6 Å². The van der Waals surface area contributed by atoms with Gasteiger partial charge in [0.15, 0.2) is 0 Å². The van der Waals surface area contributed by atoms with Gasteiger partial charge in [-0.1, -0.05) is 24.3 Å². The van der Waals surface area contributed by atoms with Crippen LogP contribution in [0.1, 0.15) is 17.5 Å². The molecule has 1 saturated heterocycles. The van der Waals surface area contributed by atoms with E-state index in [0.29, 0.717) is 19.8 Å². The van der Waals surface area contributed by atoms with Crippen molar-refractivity contribution in [2.75, 3.05) is 13.2 Å². The summed E-state index contributed by atoms with van der Waals surface area (Å²) in [7, 11) is 0. The average molecular weight is 250 g/mol. The van der Waals surface area contributed by atoms with Gasteiger partial charge >= 0.3 is 6.03 Å². The Labute approximate surface area is 106 Å². The van der Waals surface area contributed by atoms with Crippen molar-refractivity contribution in [2.24, 2.45) is 0 Å². The Bertz CT molecular complexity index is 386. The SMILES string of the molecule is O=C(NCc1ccc(CO)cc1)NC1CCOC1. The second kappa shape index (κ2) is 6.37. The van der Waals surface area contributed by atoms with E-state index in [0.717, 1.165) is 17.5 Å². The zero-order valence-electron chi connectivity index (χ0n) is 10.2. The van der Waals surface area contributed by atoms with Gasteiger partial charge in [0, 0.05) is 13.2 Å². The highest BCUT2D eigenvalue weighted by Gasteiger charge is 2.17. The first kappa shape index (κ1) is 12.9. The Morgan fingerprint density at radius 3 is 2.67 bits per heavy atom. The van der Waals surface area contributed by atoms with Crippen LogP contribution in [0.3, 0.4) is 0 Å². The van der Waals surface area contributed by atoms with E-state index in [9.17, 15) is 4.79 Å². The van der Waals surface area contributed by atoms with E-state index in [1.165, 1.54) is 0 Å². The topological polar surface area (TPSA) is 70.6 Å². The number of urea groups is 1. The summed E-state index contributed by atoms with van der Waals surface area (Å²) in [5, 5.41) is 14.6. The molecule has 2 rings (SSSR count). The van der Waals surface area contributed by atoms with Crippen LogP contribution in [0.15, 0.2) is 24.3 Å². The van der Waals surface area contributed by atoms with Gasteiger partial charge in [-0.15, -0.1) is 0 Å². The number of hydrogen-bond acceptors (Lipinski definition) is 3. The summed E-state index contributed by atoms with van der Waals surface area (Å²) >= 11 is 0. The maximum atomic E-state index is 11.6. The van der Waals surface area contributed by atoms with E-state index in [4.69, 9.17) is 9.84 Å². The largest absolute Gasteiger partial charge is 0.392 e. The van der Waals surface area contributed by atoms with E-state index in [-0.39, 0.29) is 18.7 Å². The first-order valence-corrected chi connectivity index (χ1v) is 6.08. The Balaban J connectivity index is 1.74. The number of aliphatic hydroxyl groups is 1. The molecular formula is C13H18N2O3. The number of carbonyl (C=O) groups excluding carboxylic acids is 1. The van der Waals surface area contributed by atoms with Crippen molar-refractivity contribution in [3.05, 3.63) is 35.4 Å². The molecule has 1 aromatic rings. The molecule has 1 aliphatic rings. The minimum Gasteiger partial charge on any atom is -0.392 e. The molecule has 0 bridgehead atoms. The van der Waals surface area contributed by atoms with Crippen LogP contribution in [-0.2, 0) is 17.9 Å². The predicted molar refractivity (Wildman–Crippen MR) is 67.0 cm³/mol. The maximum absolute atomic E-state index is 11.6. The zero-order valence-corrected chi connectivity index (χ0v) is 10.2. The molecule has 0 aliphatic carbocycles. The molecule has 98 valence electrons. The molecule has 1 atom stereocenters. The summed E-state index contributed by atoms with van der Waals surface area (Å²) in [6.45, 7) is 1.83. The predicted octanol–water partition coefficient (Wildman–Crippen LogP) is 0.767. The molecule has 1 fully saturated rings.